The van der Waals surface area contributed by atoms with Crippen LogP contribution >= 0.6 is 0 Å². The first-order valence-corrected chi connectivity index (χ1v) is 7.59. The average molecular weight is 279 g/mol. The zero-order valence-corrected chi connectivity index (χ0v) is 12.4. The van der Waals surface area contributed by atoms with Gasteiger partial charge in [0, 0.05) is 24.3 Å². The van der Waals surface area contributed by atoms with Crippen LogP contribution in [0.25, 0.3) is 0 Å². The number of carbonyl (C=O) groups is 1. The van der Waals surface area contributed by atoms with E-state index in [1.54, 1.807) is 0 Å². The normalized spacial score (nSPS) is 19.6. The standard InChI is InChI=1S/C15H25N3O2/c1-10(9-19)11(2)16-15(20)14-8-13(17-18-14)12-6-4-3-5-7-12/h8,10-12,19H,3-7,9H2,1-2H3,(H,16,20)(H,17,18). The maximum Gasteiger partial charge on any atom is 0.271 e. The molecule has 0 bridgehead atoms. The zero-order chi connectivity index (χ0) is 14.5. The van der Waals surface area contributed by atoms with Crippen LogP contribution in [-0.2, 0) is 0 Å². The van der Waals surface area contributed by atoms with E-state index < -0.39 is 0 Å². The Morgan fingerprint density at radius 3 is 2.80 bits per heavy atom. The SMILES string of the molecule is CC(CO)C(C)NC(=O)c1cc(C2CCCCC2)[nH]n1. The first kappa shape index (κ1) is 15.0. The number of nitrogens with one attached hydrogen (secondary N) is 2. The van der Waals surface area contributed by atoms with Crippen LogP contribution < -0.4 is 5.32 Å². The first-order valence-electron chi connectivity index (χ1n) is 7.59. The molecule has 0 aromatic carbocycles. The molecule has 0 radical (unpaired) electrons. The number of hydrogen-bond acceptors (Lipinski definition) is 3. The van der Waals surface area contributed by atoms with Crippen LogP contribution in [0.4, 0.5) is 0 Å². The number of aromatic amines is 1. The summed E-state index contributed by atoms with van der Waals surface area (Å²) in [4.78, 5) is 12.1. The van der Waals surface area contributed by atoms with Gasteiger partial charge in [-0.05, 0) is 31.7 Å². The molecule has 5 heteroatoms. The highest BCUT2D eigenvalue weighted by molar-refractivity contribution is 5.92. The summed E-state index contributed by atoms with van der Waals surface area (Å²) in [5.41, 5.74) is 1.53. The van der Waals surface area contributed by atoms with Gasteiger partial charge in [0.25, 0.3) is 5.91 Å². The molecule has 1 aromatic heterocycles. The van der Waals surface area contributed by atoms with E-state index >= 15 is 0 Å². The second-order valence-electron chi connectivity index (χ2n) is 5.97. The largest absolute Gasteiger partial charge is 0.396 e. The van der Waals surface area contributed by atoms with E-state index in [0.29, 0.717) is 11.6 Å². The molecule has 2 unspecified atom stereocenters. The minimum absolute atomic E-state index is 0.0377. The number of hydrogen-bond donors (Lipinski definition) is 3. The van der Waals surface area contributed by atoms with Crippen molar-refractivity contribution in [2.75, 3.05) is 6.61 Å². The predicted octanol–water partition coefficient (Wildman–Crippen LogP) is 2.20. The van der Waals surface area contributed by atoms with Gasteiger partial charge in [0.05, 0.1) is 0 Å². The summed E-state index contributed by atoms with van der Waals surface area (Å²) < 4.78 is 0. The molecule has 1 amide bonds. The van der Waals surface area contributed by atoms with Gasteiger partial charge in [-0.3, -0.25) is 9.89 Å². The van der Waals surface area contributed by atoms with Gasteiger partial charge in [0.15, 0.2) is 0 Å². The van der Waals surface area contributed by atoms with Crippen LogP contribution in [0, 0.1) is 5.92 Å². The Bertz CT molecular complexity index is 438. The molecule has 3 N–H and O–H groups in total. The van der Waals surface area contributed by atoms with E-state index in [0.717, 1.165) is 5.69 Å². The highest BCUT2D eigenvalue weighted by atomic mass is 16.3. The van der Waals surface area contributed by atoms with Crippen molar-refractivity contribution in [1.82, 2.24) is 15.5 Å². The molecule has 1 aromatic rings. The van der Waals surface area contributed by atoms with Crippen molar-refractivity contribution < 1.29 is 9.90 Å². The summed E-state index contributed by atoms with van der Waals surface area (Å²) in [5.74, 6) is 0.387. The van der Waals surface area contributed by atoms with Crippen molar-refractivity contribution in [1.29, 1.82) is 0 Å². The summed E-state index contributed by atoms with van der Waals surface area (Å²) in [6, 6.07) is 1.81. The van der Waals surface area contributed by atoms with Gasteiger partial charge in [-0.15, -0.1) is 0 Å². The Morgan fingerprint density at radius 2 is 2.15 bits per heavy atom. The molecular weight excluding hydrogens is 254 g/mol. The van der Waals surface area contributed by atoms with Crippen molar-refractivity contribution in [3.05, 3.63) is 17.5 Å². The van der Waals surface area contributed by atoms with Crippen LogP contribution in [0.1, 0.15) is 68.1 Å². The van der Waals surface area contributed by atoms with Gasteiger partial charge in [0.1, 0.15) is 5.69 Å². The minimum atomic E-state index is -0.170. The molecule has 112 valence electrons. The fourth-order valence-electron chi connectivity index (χ4n) is 2.66. The number of aliphatic hydroxyl groups excluding tert-OH is 1. The summed E-state index contributed by atoms with van der Waals surface area (Å²) in [6.45, 7) is 3.87. The number of carbonyl (C=O) groups excluding carboxylic acids is 1. The minimum Gasteiger partial charge on any atom is -0.396 e. The van der Waals surface area contributed by atoms with Crippen LogP contribution in [0.2, 0.25) is 0 Å². The van der Waals surface area contributed by atoms with Crippen LogP contribution in [-0.4, -0.2) is 33.9 Å². The maximum absolute atomic E-state index is 12.1. The van der Waals surface area contributed by atoms with Crippen molar-refractivity contribution >= 4 is 5.91 Å². The maximum atomic E-state index is 12.1. The monoisotopic (exact) mass is 279 g/mol. The Labute approximate surface area is 120 Å². The van der Waals surface area contributed by atoms with E-state index in [4.69, 9.17) is 5.11 Å². The van der Waals surface area contributed by atoms with Gasteiger partial charge in [-0.2, -0.15) is 5.10 Å². The molecular formula is C15H25N3O2. The van der Waals surface area contributed by atoms with Crippen molar-refractivity contribution in [3.63, 3.8) is 0 Å². The molecule has 2 rings (SSSR count). The number of amides is 1. The Morgan fingerprint density at radius 1 is 1.45 bits per heavy atom. The van der Waals surface area contributed by atoms with Gasteiger partial charge >= 0.3 is 0 Å². The molecule has 0 spiro atoms. The van der Waals surface area contributed by atoms with Gasteiger partial charge in [0.2, 0.25) is 0 Å². The fourth-order valence-corrected chi connectivity index (χ4v) is 2.66. The van der Waals surface area contributed by atoms with E-state index in [9.17, 15) is 4.79 Å². The lowest BCUT2D eigenvalue weighted by Crippen LogP contribution is -2.38. The lowest BCUT2D eigenvalue weighted by Gasteiger charge is -2.19. The first-order chi connectivity index (χ1) is 9.61. The van der Waals surface area contributed by atoms with Gasteiger partial charge < -0.3 is 10.4 Å². The Balaban J connectivity index is 1.95. The van der Waals surface area contributed by atoms with E-state index in [1.165, 1.54) is 32.1 Å². The summed E-state index contributed by atoms with van der Waals surface area (Å²) >= 11 is 0. The molecule has 2 atom stereocenters. The third-order valence-corrected chi connectivity index (χ3v) is 4.38. The topological polar surface area (TPSA) is 78.0 Å². The van der Waals surface area contributed by atoms with E-state index in [2.05, 4.69) is 15.5 Å². The molecule has 5 nitrogen and oxygen atoms in total. The molecule has 1 fully saturated rings. The molecule has 1 aliphatic rings. The lowest BCUT2D eigenvalue weighted by molar-refractivity contribution is 0.0911. The van der Waals surface area contributed by atoms with Gasteiger partial charge in [-0.25, -0.2) is 0 Å². The Hall–Kier alpha value is -1.36. The Kier molecular flexibility index (Phi) is 5.17. The summed E-state index contributed by atoms with van der Waals surface area (Å²) in [6.07, 6.45) is 6.20. The molecule has 0 saturated heterocycles. The second-order valence-corrected chi connectivity index (χ2v) is 5.97. The smallest absolute Gasteiger partial charge is 0.271 e. The molecule has 1 heterocycles. The number of nitrogens with zero attached hydrogens (tertiary/aromatic N) is 1. The highest BCUT2D eigenvalue weighted by Crippen LogP contribution is 2.31. The molecule has 0 aliphatic heterocycles. The van der Waals surface area contributed by atoms with Crippen molar-refractivity contribution in [3.8, 4) is 0 Å². The zero-order valence-electron chi connectivity index (χ0n) is 12.4. The number of rotatable bonds is 5. The predicted molar refractivity (Wildman–Crippen MR) is 77.6 cm³/mol. The third kappa shape index (κ3) is 3.60. The number of H-pyrrole nitrogens is 1. The van der Waals surface area contributed by atoms with Crippen LogP contribution in [0.15, 0.2) is 6.07 Å². The highest BCUT2D eigenvalue weighted by Gasteiger charge is 2.21. The third-order valence-electron chi connectivity index (χ3n) is 4.38. The fraction of sp³-hybridized carbons (Fsp3) is 0.733. The molecule has 20 heavy (non-hydrogen) atoms. The lowest BCUT2D eigenvalue weighted by atomic mass is 9.87. The summed E-state index contributed by atoms with van der Waals surface area (Å²) in [7, 11) is 0. The summed E-state index contributed by atoms with van der Waals surface area (Å²) in [5, 5.41) is 19.1. The number of aromatic nitrogens is 2. The molecule has 1 aliphatic carbocycles. The average Bonchev–Trinajstić information content (AvgIpc) is 2.97. The number of aliphatic hydroxyl groups is 1. The second kappa shape index (κ2) is 6.88. The van der Waals surface area contributed by atoms with Crippen molar-refractivity contribution in [2.45, 2.75) is 57.9 Å². The molecule has 1 saturated carbocycles. The van der Waals surface area contributed by atoms with Crippen LogP contribution in [0.5, 0.6) is 0 Å². The van der Waals surface area contributed by atoms with Crippen LogP contribution in [0.3, 0.4) is 0 Å². The van der Waals surface area contributed by atoms with E-state index in [1.807, 2.05) is 19.9 Å². The van der Waals surface area contributed by atoms with E-state index in [-0.39, 0.29) is 24.5 Å². The quantitative estimate of drug-likeness (QED) is 0.773. The van der Waals surface area contributed by atoms with Gasteiger partial charge in [-0.1, -0.05) is 26.2 Å². The van der Waals surface area contributed by atoms with Crippen molar-refractivity contribution in [2.24, 2.45) is 5.92 Å².